The van der Waals surface area contributed by atoms with Crippen molar-refractivity contribution in [3.63, 3.8) is 0 Å². The average molecular weight is 1190 g/mol. The fourth-order valence-electron chi connectivity index (χ4n) is 14.2. The van der Waals surface area contributed by atoms with Crippen LogP contribution in [0.2, 0.25) is 0 Å². The van der Waals surface area contributed by atoms with Crippen molar-refractivity contribution in [1.82, 2.24) is 20.2 Å². The number of fused-ring (bicyclic) bond motifs is 6. The Morgan fingerprint density at radius 2 is 1.26 bits per heavy atom. The quantitative estimate of drug-likeness (QED) is 0.0602. The van der Waals surface area contributed by atoms with Gasteiger partial charge in [-0.25, -0.2) is 4.79 Å². The van der Waals surface area contributed by atoms with E-state index < -0.39 is 104 Å². The maximum atomic E-state index is 15.0. The number of aromatic nitrogens is 2. The van der Waals surface area contributed by atoms with Gasteiger partial charge in [0.05, 0.1) is 78.7 Å². The number of nitrogens with one attached hydrogen (secondary N) is 3. The zero-order valence-corrected chi connectivity index (χ0v) is 52.6. The SMILES string of the molecule is COC(=O)CC[C@@H]1C2=C(C)C3NC(/C(C)=C4N=C(/C(C)=C5\N/C(=C(/C)C(=N2)C1(C)C)[C@@H](CCC(=O)OC)[C@]5(C)CC(=O)OCCCCCCn1ccc(NC(C)=O)nc1=O)[C@](C)(C(=O)OC)[C@]\4(C)C(=O)OC)[C@H](C(=O)OC)[C@@]3(C)CCC(=O)OC. The molecule has 0 radical (unpaired) electrons. The number of aryl methyl sites for hydroxylation is 1. The second-order valence-electron chi connectivity index (χ2n) is 24.3. The van der Waals surface area contributed by atoms with E-state index in [2.05, 4.69) is 20.9 Å². The molecule has 85 heavy (non-hydrogen) atoms. The molecule has 5 aliphatic heterocycles. The Morgan fingerprint density at radius 1 is 0.671 bits per heavy atom. The summed E-state index contributed by atoms with van der Waals surface area (Å²) in [5, 5.41) is 10.0. The number of carbonyl (C=O) groups is 8. The number of nitrogens with zero attached hydrogens (tertiary/aromatic N) is 4. The van der Waals surface area contributed by atoms with E-state index in [4.69, 9.17) is 43.1 Å². The first-order chi connectivity index (χ1) is 39.9. The highest BCUT2D eigenvalue weighted by atomic mass is 16.5. The number of unbranched alkanes of at least 4 members (excludes halogenated alkanes) is 3. The molecule has 9 atom stereocenters. The van der Waals surface area contributed by atoms with Gasteiger partial charge in [0.15, 0.2) is 0 Å². The Bertz CT molecular complexity index is 3130. The second-order valence-corrected chi connectivity index (χ2v) is 24.3. The van der Waals surface area contributed by atoms with E-state index in [9.17, 15) is 43.2 Å². The lowest BCUT2D eigenvalue weighted by Crippen LogP contribution is -2.53. The van der Waals surface area contributed by atoms with Crippen LogP contribution in [0.15, 0.2) is 72.1 Å². The predicted molar refractivity (Wildman–Crippen MR) is 313 cm³/mol. The van der Waals surface area contributed by atoms with Crippen LogP contribution in [0.4, 0.5) is 5.82 Å². The molecule has 1 aromatic rings. The highest BCUT2D eigenvalue weighted by molar-refractivity contribution is 6.21. The Kier molecular flexibility index (Phi) is 20.9. The molecule has 23 heteroatoms. The van der Waals surface area contributed by atoms with Crippen molar-refractivity contribution in [2.24, 2.45) is 54.8 Å². The summed E-state index contributed by atoms with van der Waals surface area (Å²) in [6, 6.07) is -0.175. The molecular formula is C62H87N7O16. The molecule has 0 aliphatic carbocycles. The largest absolute Gasteiger partial charge is 0.469 e. The number of hydrogen-bond donors (Lipinski definition) is 3. The normalized spacial score (nSPS) is 30.2. The third kappa shape index (κ3) is 12.4. The molecule has 466 valence electrons. The molecule has 1 aromatic heterocycles. The summed E-state index contributed by atoms with van der Waals surface area (Å²) in [7, 11) is 7.60. The lowest BCUT2D eigenvalue weighted by molar-refractivity contribution is -0.165. The number of aliphatic imine (C=N–C) groups is 2. The number of rotatable bonds is 22. The minimum atomic E-state index is -1.97. The van der Waals surface area contributed by atoms with Crippen LogP contribution in [0, 0.1) is 44.8 Å². The summed E-state index contributed by atoms with van der Waals surface area (Å²) in [4.78, 5) is 138. The number of carbonyl (C=O) groups excluding carboxylic acids is 8. The van der Waals surface area contributed by atoms with E-state index in [1.807, 2.05) is 41.5 Å². The molecule has 0 aromatic carbocycles. The minimum Gasteiger partial charge on any atom is -0.469 e. The van der Waals surface area contributed by atoms with E-state index in [-0.39, 0.29) is 68.3 Å². The van der Waals surface area contributed by atoms with Crippen LogP contribution < -0.4 is 21.6 Å². The molecule has 6 heterocycles. The van der Waals surface area contributed by atoms with E-state index >= 15 is 0 Å². The standard InChI is InChI=1S/C62H87N7O16/c1-33-47-39(23-25-42(72)80-13)60(9,32-44(74)85-31-21-19-18-20-29-69-30-27-40(63-37(5)70)64-57(69)78)51(66-47)36(4)53-62(11,56(77)84-17)61(10,55(76)83-16)52(68-53)35(3)48-45(54(75)82-15)59(8,28-26-43(73)81-14)50(67-48)34(2)46-38(22-24-41(71)79-12)58(6,7)49(33)65-46/h27,30,38-39,45,48,50,66-67H,18-26,28-29,31-32H2,1-17H3,(H,63,64,70,78)/b46-34?,47-33-,51-36-,52-35-/t38-,39-,45-,48?,50?,59-,60+,61+,62-/m1/s1. The summed E-state index contributed by atoms with van der Waals surface area (Å²) in [5.41, 5.74) is -3.10. The number of methoxy groups -OCH3 is 6. The maximum absolute atomic E-state index is 15.0. The molecule has 2 fully saturated rings. The smallest absolute Gasteiger partial charge is 0.349 e. The fourth-order valence-corrected chi connectivity index (χ4v) is 14.2. The fraction of sp³-hybridized carbons (Fsp3) is 0.645. The third-order valence-corrected chi connectivity index (χ3v) is 19.1. The predicted octanol–water partition coefficient (Wildman–Crippen LogP) is 6.94. The molecule has 5 aliphatic rings. The molecule has 0 spiro atoms. The van der Waals surface area contributed by atoms with Crippen LogP contribution in [-0.2, 0) is 78.1 Å². The van der Waals surface area contributed by atoms with E-state index in [0.29, 0.717) is 83.7 Å². The Morgan fingerprint density at radius 3 is 1.84 bits per heavy atom. The summed E-state index contributed by atoms with van der Waals surface area (Å²) in [5.74, 6) is -6.68. The van der Waals surface area contributed by atoms with Gasteiger partial charge in [0.25, 0.3) is 0 Å². The number of esters is 7. The van der Waals surface area contributed by atoms with Crippen LogP contribution in [-0.4, -0.2) is 130 Å². The highest BCUT2D eigenvalue weighted by Gasteiger charge is 2.68. The molecule has 1 amide bonds. The Balaban J connectivity index is 1.61. The summed E-state index contributed by atoms with van der Waals surface area (Å²) >= 11 is 0. The molecule has 0 saturated carbocycles. The lowest BCUT2D eigenvalue weighted by atomic mass is 9.60. The van der Waals surface area contributed by atoms with Crippen molar-refractivity contribution < 1.29 is 71.5 Å². The van der Waals surface area contributed by atoms with E-state index in [1.54, 1.807) is 40.0 Å². The molecule has 2 unspecified atom stereocenters. The van der Waals surface area contributed by atoms with Gasteiger partial charge < -0.3 is 49.1 Å². The van der Waals surface area contributed by atoms with Crippen molar-refractivity contribution >= 4 is 64.9 Å². The van der Waals surface area contributed by atoms with Gasteiger partial charge in [0.1, 0.15) is 16.6 Å². The second kappa shape index (κ2) is 26.5. The summed E-state index contributed by atoms with van der Waals surface area (Å²) in [6.07, 6.45) is 4.23. The monoisotopic (exact) mass is 1190 g/mol. The van der Waals surface area contributed by atoms with Gasteiger partial charge in [-0.15, -0.1) is 0 Å². The Hall–Kier alpha value is -7.30. The molecule has 8 bridgehead atoms. The van der Waals surface area contributed by atoms with Crippen LogP contribution in [0.25, 0.3) is 0 Å². The van der Waals surface area contributed by atoms with Crippen LogP contribution in [0.5, 0.6) is 0 Å². The first kappa shape index (κ1) is 66.8. The third-order valence-electron chi connectivity index (χ3n) is 19.1. The molecule has 3 N–H and O–H groups in total. The first-order valence-electron chi connectivity index (χ1n) is 29.0. The van der Waals surface area contributed by atoms with Gasteiger partial charge >= 0.3 is 47.5 Å². The van der Waals surface area contributed by atoms with Gasteiger partial charge in [-0.05, 0) is 108 Å². The number of hydrogen-bond acceptors (Lipinski definition) is 21. The summed E-state index contributed by atoms with van der Waals surface area (Å²) in [6.45, 7) is 20.1. The van der Waals surface area contributed by atoms with Crippen LogP contribution in [0.3, 0.4) is 0 Å². The van der Waals surface area contributed by atoms with Crippen molar-refractivity contribution in [3.05, 3.63) is 67.8 Å². The average Bonchev–Trinajstić information content (AvgIpc) is 1.77. The maximum Gasteiger partial charge on any atom is 0.349 e. The van der Waals surface area contributed by atoms with Crippen molar-refractivity contribution in [1.29, 1.82) is 0 Å². The van der Waals surface area contributed by atoms with E-state index in [1.165, 1.54) is 54.1 Å². The molecule has 2 saturated heterocycles. The van der Waals surface area contributed by atoms with Crippen molar-refractivity contribution in [3.8, 4) is 0 Å². The first-order valence-corrected chi connectivity index (χ1v) is 29.0. The van der Waals surface area contributed by atoms with E-state index in [0.717, 1.165) is 0 Å². The molecule has 23 nitrogen and oxygen atoms in total. The van der Waals surface area contributed by atoms with Gasteiger partial charge in [-0.3, -0.25) is 52.9 Å². The number of allylic oxidation sites excluding steroid dienone is 5. The topological polar surface area (TPSA) is 297 Å². The van der Waals surface area contributed by atoms with Crippen molar-refractivity contribution in [2.75, 3.05) is 54.6 Å². The zero-order valence-electron chi connectivity index (χ0n) is 52.6. The minimum absolute atomic E-state index is 0.0309. The van der Waals surface area contributed by atoms with Gasteiger partial charge in [0, 0.05) is 96.2 Å². The number of ether oxygens (including phenoxy) is 7. The molecular weight excluding hydrogens is 1100 g/mol. The lowest BCUT2D eigenvalue weighted by Gasteiger charge is -2.39. The number of anilines is 1. The number of amides is 1. The van der Waals surface area contributed by atoms with Gasteiger partial charge in [0.2, 0.25) is 5.91 Å². The Labute approximate surface area is 497 Å². The van der Waals surface area contributed by atoms with Crippen LogP contribution in [0.1, 0.15) is 147 Å². The molecule has 6 rings (SSSR count). The van der Waals surface area contributed by atoms with Gasteiger partial charge in [-0.1, -0.05) is 34.1 Å². The summed E-state index contributed by atoms with van der Waals surface area (Å²) < 4.78 is 39.9. The van der Waals surface area contributed by atoms with Crippen molar-refractivity contribution in [2.45, 2.75) is 165 Å². The van der Waals surface area contributed by atoms with Crippen LogP contribution >= 0.6 is 0 Å². The highest BCUT2D eigenvalue weighted by Crippen LogP contribution is 2.61. The zero-order chi connectivity index (χ0) is 63.3. The van der Waals surface area contributed by atoms with Gasteiger partial charge in [-0.2, -0.15) is 4.98 Å².